The molecule has 10 amide bonds. The molecule has 9 atom stereocenters. The van der Waals surface area contributed by atoms with Crippen LogP contribution in [0.3, 0.4) is 0 Å². The molecule has 1 aromatic heterocycles. The third kappa shape index (κ3) is 23.0. The molecule has 4 aliphatic carbocycles. The number of hydrogen-bond acceptors (Lipinski definition) is 17. The highest BCUT2D eigenvalue weighted by Crippen LogP contribution is 2.60. The number of aliphatic hydroxyl groups excluding tert-OH is 2. The zero-order valence-electron chi connectivity index (χ0n) is 57.7. The first kappa shape index (κ1) is 78.8. The van der Waals surface area contributed by atoms with E-state index in [-0.39, 0.29) is 121 Å². The van der Waals surface area contributed by atoms with Crippen molar-refractivity contribution in [2.45, 2.75) is 170 Å². The number of nitrogens with two attached hydrogens (primary N) is 6. The molecule has 2 saturated heterocycles. The maximum absolute atomic E-state index is 14.9. The van der Waals surface area contributed by atoms with Gasteiger partial charge in [0.1, 0.15) is 48.3 Å². The normalized spacial score (nSPS) is 21.7. The van der Waals surface area contributed by atoms with Gasteiger partial charge in [-0.15, -0.1) is 11.3 Å². The monoisotopic (exact) mass is 1450 g/mol. The molecular weight excluding hydrogens is 1350 g/mol. The van der Waals surface area contributed by atoms with E-state index in [1.807, 2.05) is 0 Å². The van der Waals surface area contributed by atoms with Gasteiger partial charge in [0.15, 0.2) is 17.9 Å². The second-order valence-corrected chi connectivity index (χ2v) is 28.5. The van der Waals surface area contributed by atoms with Crippen molar-refractivity contribution in [1.82, 2.24) is 51.9 Å². The second kappa shape index (κ2) is 37.8. The first-order valence-corrected chi connectivity index (χ1v) is 35.9. The Kier molecular flexibility index (Phi) is 28.9. The standard InChI is InChI=1S/C69H99N19O14S/c70-66(71)76-21-7-17-47(85-65(102)69-32-42-26-43(33-69)28-44(27-42)34-69)57(93)82-48(18-8-22-77-67(72)73)62(98)87-24-10-20-53(87)63(99)88-37-45(90)30-54(88)60(96)79-35-55(91)81-50(31-46-16-11-25-103-46)58(94)84-52(39-89)59(95)83-51(29-40-12-3-1-4-13-40)61(97)86(36-41-14-5-2-6-15-41)38-56(92)80-49(64(100)101)19-9-23-78-68(74)75/h1-6,11-16,25,42-45,47-54,89-90H,7-10,17-24,26-39H2,(H,79,96)(H,80,92)(H,81,91)(H,82,93)(H,83,95)(H,84,94)(H,85,102)(H,100,101)(H4,70,71,76)(H4,72,73,77)(H4,74,75,78)/t42?,43?,44?,45?,47-,48-,49+,50+,51-,52+,53+,54+,69?/m1/s1. The number of carboxylic acid groups (broad SMARTS) is 1. The molecule has 3 aromatic rings. The second-order valence-electron chi connectivity index (χ2n) is 27.5. The van der Waals surface area contributed by atoms with Crippen LogP contribution >= 0.6 is 11.3 Å². The van der Waals surface area contributed by atoms with Crippen molar-refractivity contribution in [3.8, 4) is 0 Å². The summed E-state index contributed by atoms with van der Waals surface area (Å²) < 4.78 is 0. The number of carbonyl (C=O) groups is 11. The number of likely N-dealkylation sites (tertiary alicyclic amines) is 2. The molecule has 4 bridgehead atoms. The number of thiophene rings is 1. The highest BCUT2D eigenvalue weighted by Gasteiger charge is 2.55. The Labute approximate surface area is 601 Å². The lowest BCUT2D eigenvalue weighted by molar-refractivity contribution is -0.149. The van der Waals surface area contributed by atoms with Gasteiger partial charge >= 0.3 is 5.97 Å². The summed E-state index contributed by atoms with van der Waals surface area (Å²) in [6.45, 7) is -2.45. The van der Waals surface area contributed by atoms with Crippen molar-refractivity contribution in [3.05, 3.63) is 94.2 Å². The summed E-state index contributed by atoms with van der Waals surface area (Å²) in [4.78, 5) is 172. The van der Waals surface area contributed by atoms with Crippen LogP contribution in [0.1, 0.15) is 112 Å². The molecule has 2 aliphatic heterocycles. The molecule has 0 radical (unpaired) electrons. The molecule has 6 fully saturated rings. The van der Waals surface area contributed by atoms with E-state index in [0.717, 1.165) is 48.3 Å². The number of nitrogens with one attached hydrogen (secondary N) is 7. The van der Waals surface area contributed by atoms with Gasteiger partial charge in [-0.1, -0.05) is 66.7 Å². The average molecular weight is 1450 g/mol. The van der Waals surface area contributed by atoms with E-state index in [0.29, 0.717) is 46.6 Å². The summed E-state index contributed by atoms with van der Waals surface area (Å²) >= 11 is 1.25. The van der Waals surface area contributed by atoms with Gasteiger partial charge in [0.05, 0.1) is 25.8 Å². The third-order valence-corrected chi connectivity index (χ3v) is 20.4. The van der Waals surface area contributed by atoms with Crippen LogP contribution in [0.15, 0.2) is 93.2 Å². The minimum absolute atomic E-state index is 0.0232. The Hall–Kier alpha value is -9.96. The third-order valence-electron chi connectivity index (χ3n) is 19.5. The molecule has 2 aromatic carbocycles. The summed E-state index contributed by atoms with van der Waals surface area (Å²) in [5.74, 6) is -7.98. The quantitative estimate of drug-likeness (QED) is 0.0154. The number of rotatable bonds is 38. The fraction of sp³-hybridized carbons (Fsp3) is 0.565. The summed E-state index contributed by atoms with van der Waals surface area (Å²) in [5.41, 5.74) is 33.8. The first-order valence-electron chi connectivity index (χ1n) is 35.0. The van der Waals surface area contributed by atoms with Crippen LogP contribution in [0.25, 0.3) is 0 Å². The molecule has 103 heavy (non-hydrogen) atoms. The maximum Gasteiger partial charge on any atom is 0.326 e. The van der Waals surface area contributed by atoms with Crippen molar-refractivity contribution >= 4 is 94.3 Å². The zero-order valence-corrected chi connectivity index (χ0v) is 58.5. The first-order chi connectivity index (χ1) is 49.3. The Balaban J connectivity index is 0.918. The highest BCUT2D eigenvalue weighted by molar-refractivity contribution is 7.09. The lowest BCUT2D eigenvalue weighted by atomic mass is 9.49. The molecule has 33 nitrogen and oxygen atoms in total. The Morgan fingerprint density at radius 2 is 1.12 bits per heavy atom. The maximum atomic E-state index is 14.9. The summed E-state index contributed by atoms with van der Waals surface area (Å²) in [5, 5.41) is 52.1. The molecule has 3 heterocycles. The van der Waals surface area contributed by atoms with Crippen LogP contribution in [-0.4, -0.2) is 220 Å². The molecule has 4 saturated carbocycles. The van der Waals surface area contributed by atoms with Crippen molar-refractivity contribution < 1.29 is 68.1 Å². The molecule has 560 valence electrons. The minimum Gasteiger partial charge on any atom is -0.480 e. The predicted molar refractivity (Wildman–Crippen MR) is 381 cm³/mol. The number of carbonyl (C=O) groups excluding carboxylic acids is 10. The van der Waals surface area contributed by atoms with E-state index in [4.69, 9.17) is 34.4 Å². The molecule has 22 N–H and O–H groups in total. The number of β-amino-alcohol motifs (C(OH)–C–C–N with tert-alkyl or cyclic N) is 1. The number of aliphatic hydroxyl groups is 2. The number of guanidine groups is 3. The van der Waals surface area contributed by atoms with Gasteiger partial charge in [0.2, 0.25) is 59.1 Å². The van der Waals surface area contributed by atoms with Gasteiger partial charge < -0.3 is 102 Å². The Bertz CT molecular complexity index is 3500. The molecule has 0 spiro atoms. The summed E-state index contributed by atoms with van der Waals surface area (Å²) in [6, 6.07) is 9.67. The van der Waals surface area contributed by atoms with E-state index in [2.05, 4.69) is 52.2 Å². The zero-order chi connectivity index (χ0) is 74.3. The SMILES string of the molecule is NC(N)=NCCC[C@H](NC(=O)CN(Cc1ccccc1)C(=O)[C@@H](Cc1ccccc1)NC(=O)[C@H](CO)NC(=O)[C@H](Cc1cccs1)NC(=O)CNC(=O)[C@@H]1CC(O)CN1C(=O)[C@@H]1CCCN1C(=O)[C@@H](CCCN=C(N)N)NC(=O)[C@@H](CCCN=C(N)N)NC(=O)C12CC3CC(CC(C3)C1)C2)C(=O)O. The fourth-order valence-electron chi connectivity index (χ4n) is 15.1. The summed E-state index contributed by atoms with van der Waals surface area (Å²) in [7, 11) is 0. The molecule has 9 rings (SSSR count). The molecule has 6 aliphatic rings. The van der Waals surface area contributed by atoms with E-state index in [1.54, 1.807) is 78.2 Å². The number of hydrogen-bond donors (Lipinski definition) is 16. The van der Waals surface area contributed by atoms with Gasteiger partial charge in [-0.2, -0.15) is 0 Å². The smallest absolute Gasteiger partial charge is 0.326 e. The van der Waals surface area contributed by atoms with Gasteiger partial charge in [-0.25, -0.2) is 4.79 Å². The van der Waals surface area contributed by atoms with E-state index in [9.17, 15) is 68.1 Å². The topological polar surface area (TPSA) is 536 Å². The lowest BCUT2D eigenvalue weighted by Gasteiger charge is -2.55. The molecule has 1 unspecified atom stereocenters. The van der Waals surface area contributed by atoms with Crippen LogP contribution in [0, 0.1) is 23.2 Å². The van der Waals surface area contributed by atoms with Crippen molar-refractivity contribution in [2.75, 3.05) is 52.4 Å². The minimum atomic E-state index is -1.74. The number of aliphatic carboxylic acids is 1. The van der Waals surface area contributed by atoms with Crippen LogP contribution < -0.4 is 71.6 Å². The predicted octanol–water partition coefficient (Wildman–Crippen LogP) is -3.01. The van der Waals surface area contributed by atoms with Crippen LogP contribution in [-0.2, 0) is 72.1 Å². The largest absolute Gasteiger partial charge is 0.480 e. The lowest BCUT2D eigenvalue weighted by Crippen LogP contribution is -2.60. The van der Waals surface area contributed by atoms with Crippen molar-refractivity contribution in [3.63, 3.8) is 0 Å². The van der Waals surface area contributed by atoms with E-state index >= 15 is 0 Å². The Morgan fingerprint density at radius 1 is 0.583 bits per heavy atom. The number of nitrogens with zero attached hydrogens (tertiary/aromatic N) is 6. The van der Waals surface area contributed by atoms with Gasteiger partial charge in [-0.05, 0) is 130 Å². The highest BCUT2D eigenvalue weighted by atomic mass is 32.1. The number of amides is 10. The van der Waals surface area contributed by atoms with Crippen LogP contribution in [0.2, 0.25) is 0 Å². The number of benzene rings is 2. The molecule has 34 heteroatoms. The van der Waals surface area contributed by atoms with E-state index < -0.39 is 139 Å². The summed E-state index contributed by atoms with van der Waals surface area (Å²) in [6.07, 6.45) is 5.16. The van der Waals surface area contributed by atoms with Crippen LogP contribution in [0.4, 0.5) is 0 Å². The molecular formula is C69H99N19O14S. The fourth-order valence-corrected chi connectivity index (χ4v) is 15.8. The number of aliphatic imine (C=N–C) groups is 3. The van der Waals surface area contributed by atoms with Gasteiger partial charge in [0.25, 0.3) is 0 Å². The Morgan fingerprint density at radius 3 is 1.68 bits per heavy atom. The van der Waals surface area contributed by atoms with E-state index in [1.165, 1.54) is 16.2 Å². The van der Waals surface area contributed by atoms with Gasteiger partial charge in [0, 0.05) is 68.8 Å². The van der Waals surface area contributed by atoms with Crippen LogP contribution in [0.5, 0.6) is 0 Å². The van der Waals surface area contributed by atoms with Gasteiger partial charge in [-0.3, -0.25) is 62.9 Å². The average Bonchev–Trinajstić information content (AvgIpc) is 1.26. The van der Waals surface area contributed by atoms with Crippen molar-refractivity contribution in [2.24, 2.45) is 72.5 Å². The number of carboxylic acids is 1. The van der Waals surface area contributed by atoms with Crippen molar-refractivity contribution in [1.29, 1.82) is 0 Å².